The smallest absolute Gasteiger partial charge is 0.180 e. The summed E-state index contributed by atoms with van der Waals surface area (Å²) >= 11 is 5.16. The van der Waals surface area contributed by atoms with Crippen LogP contribution in [0.5, 0.6) is 0 Å². The normalized spacial score (nSPS) is 19.9. The van der Waals surface area contributed by atoms with Crippen molar-refractivity contribution in [3.05, 3.63) is 50.6 Å². The molecule has 0 saturated carbocycles. The van der Waals surface area contributed by atoms with E-state index in [4.69, 9.17) is 0 Å². The second-order valence-electron chi connectivity index (χ2n) is 4.78. The second kappa shape index (κ2) is 5.60. The van der Waals surface area contributed by atoms with Crippen molar-refractivity contribution >= 4 is 37.1 Å². The van der Waals surface area contributed by atoms with Gasteiger partial charge in [0, 0.05) is 17.5 Å². The predicted molar refractivity (Wildman–Crippen MR) is 85.0 cm³/mol. The molecular weight excluding hydrogens is 358 g/mol. The van der Waals surface area contributed by atoms with E-state index < -0.39 is 9.84 Å². The number of nitrogens with one attached hydrogen (secondary N) is 1. The molecule has 2 heterocycles. The van der Waals surface area contributed by atoms with Crippen LogP contribution in [0.3, 0.4) is 0 Å². The highest BCUT2D eigenvalue weighted by atomic mass is 79.9. The van der Waals surface area contributed by atoms with E-state index >= 15 is 0 Å². The summed E-state index contributed by atoms with van der Waals surface area (Å²) < 4.78 is 25.2. The standard InChI is InChI=1S/C14H14BrNO2S2/c15-14-6-5-10(19-14)7-8-16-12-9-20(17,18)13-4-2-1-3-11(12)13/h1-6,12,16H,7-9H2. The largest absolute Gasteiger partial charge is 0.309 e. The molecule has 3 rings (SSSR count). The summed E-state index contributed by atoms with van der Waals surface area (Å²) in [6, 6.07) is 11.3. The van der Waals surface area contributed by atoms with E-state index in [0.29, 0.717) is 4.90 Å². The first-order valence-corrected chi connectivity index (χ1v) is 9.62. The fraction of sp³-hybridized carbons (Fsp3) is 0.286. The number of fused-ring (bicyclic) bond motifs is 1. The second-order valence-corrected chi connectivity index (χ2v) is 9.33. The topological polar surface area (TPSA) is 46.2 Å². The molecule has 1 unspecified atom stereocenters. The van der Waals surface area contributed by atoms with E-state index in [1.807, 2.05) is 18.2 Å². The van der Waals surface area contributed by atoms with Crippen LogP contribution in [0.2, 0.25) is 0 Å². The number of benzene rings is 1. The third-order valence-corrected chi connectivity index (χ3v) is 6.90. The number of halogens is 1. The molecule has 1 aliphatic rings. The summed E-state index contributed by atoms with van der Waals surface area (Å²) in [6.07, 6.45) is 0.912. The van der Waals surface area contributed by atoms with Gasteiger partial charge in [-0.1, -0.05) is 18.2 Å². The van der Waals surface area contributed by atoms with Gasteiger partial charge in [0.1, 0.15) is 0 Å². The van der Waals surface area contributed by atoms with Gasteiger partial charge in [-0.15, -0.1) is 11.3 Å². The lowest BCUT2D eigenvalue weighted by Gasteiger charge is -2.11. The Morgan fingerprint density at radius 2 is 2.05 bits per heavy atom. The number of thiophene rings is 1. The van der Waals surface area contributed by atoms with Crippen molar-refractivity contribution in [3.63, 3.8) is 0 Å². The van der Waals surface area contributed by atoms with Gasteiger partial charge >= 0.3 is 0 Å². The predicted octanol–water partition coefficient (Wildman–Crippen LogP) is 3.17. The van der Waals surface area contributed by atoms with E-state index in [1.54, 1.807) is 23.5 Å². The van der Waals surface area contributed by atoms with Gasteiger partial charge in [-0.25, -0.2) is 8.42 Å². The average Bonchev–Trinajstić information content (AvgIpc) is 2.93. The molecule has 0 spiro atoms. The molecule has 20 heavy (non-hydrogen) atoms. The molecule has 1 aromatic heterocycles. The Morgan fingerprint density at radius 3 is 2.80 bits per heavy atom. The van der Waals surface area contributed by atoms with Crippen molar-refractivity contribution in [1.82, 2.24) is 5.32 Å². The van der Waals surface area contributed by atoms with Crippen molar-refractivity contribution in [1.29, 1.82) is 0 Å². The summed E-state index contributed by atoms with van der Waals surface area (Å²) in [5.41, 5.74) is 0.903. The zero-order valence-electron chi connectivity index (χ0n) is 10.7. The van der Waals surface area contributed by atoms with Gasteiger partial charge in [-0.3, -0.25) is 0 Å². The number of hydrogen-bond donors (Lipinski definition) is 1. The van der Waals surface area contributed by atoms with Gasteiger partial charge in [0.05, 0.1) is 14.4 Å². The van der Waals surface area contributed by atoms with Gasteiger partial charge in [0.25, 0.3) is 0 Å². The lowest BCUT2D eigenvalue weighted by molar-refractivity contribution is 0.569. The Labute approximate surface area is 131 Å². The minimum atomic E-state index is -3.11. The van der Waals surface area contributed by atoms with Gasteiger partial charge in [0.2, 0.25) is 0 Å². The minimum Gasteiger partial charge on any atom is -0.309 e. The molecule has 6 heteroatoms. The summed E-state index contributed by atoms with van der Waals surface area (Å²) in [5.74, 6) is 0.167. The summed E-state index contributed by atoms with van der Waals surface area (Å²) in [4.78, 5) is 1.77. The van der Waals surface area contributed by atoms with Crippen LogP contribution in [0.1, 0.15) is 16.5 Å². The van der Waals surface area contributed by atoms with Crippen LogP contribution >= 0.6 is 27.3 Å². The highest BCUT2D eigenvalue weighted by molar-refractivity contribution is 9.11. The van der Waals surface area contributed by atoms with E-state index in [2.05, 4.69) is 27.3 Å². The third-order valence-electron chi connectivity index (χ3n) is 3.41. The van der Waals surface area contributed by atoms with Gasteiger partial charge in [-0.2, -0.15) is 0 Å². The highest BCUT2D eigenvalue weighted by Gasteiger charge is 2.33. The third kappa shape index (κ3) is 2.83. The number of rotatable bonds is 4. The van der Waals surface area contributed by atoms with Crippen LogP contribution in [0.4, 0.5) is 0 Å². The Kier molecular flexibility index (Phi) is 3.99. The molecule has 0 saturated heterocycles. The minimum absolute atomic E-state index is 0.0837. The number of hydrogen-bond acceptors (Lipinski definition) is 4. The molecule has 0 fully saturated rings. The lowest BCUT2D eigenvalue weighted by atomic mass is 10.1. The summed E-state index contributed by atoms with van der Waals surface area (Å²) in [6.45, 7) is 0.779. The molecule has 0 amide bonds. The van der Waals surface area contributed by atoms with Gasteiger partial charge < -0.3 is 5.32 Å². The zero-order chi connectivity index (χ0) is 14.2. The molecular formula is C14H14BrNO2S2. The molecule has 106 valence electrons. The van der Waals surface area contributed by atoms with Crippen LogP contribution in [0.25, 0.3) is 0 Å². The van der Waals surface area contributed by atoms with E-state index in [1.165, 1.54) is 4.88 Å². The van der Waals surface area contributed by atoms with E-state index in [9.17, 15) is 8.42 Å². The molecule has 1 atom stereocenters. The maximum Gasteiger partial charge on any atom is 0.180 e. The maximum atomic E-state index is 12.1. The zero-order valence-corrected chi connectivity index (χ0v) is 13.9. The van der Waals surface area contributed by atoms with E-state index in [0.717, 1.165) is 22.3 Å². The van der Waals surface area contributed by atoms with Crippen molar-refractivity contribution in [2.45, 2.75) is 17.4 Å². The SMILES string of the molecule is O=S1(=O)CC(NCCc2ccc(Br)s2)c2ccccc21. The first-order chi connectivity index (χ1) is 9.56. The molecule has 2 aromatic rings. The molecule has 0 radical (unpaired) electrons. The monoisotopic (exact) mass is 371 g/mol. The lowest BCUT2D eigenvalue weighted by Crippen LogP contribution is -2.24. The molecule has 1 aliphatic heterocycles. The first-order valence-electron chi connectivity index (χ1n) is 6.35. The van der Waals surface area contributed by atoms with Gasteiger partial charge in [-0.05, 0) is 46.1 Å². The highest BCUT2D eigenvalue weighted by Crippen LogP contribution is 2.33. The van der Waals surface area contributed by atoms with Crippen LogP contribution in [-0.2, 0) is 16.3 Å². The Morgan fingerprint density at radius 1 is 1.25 bits per heavy atom. The Balaban J connectivity index is 1.68. The van der Waals surface area contributed by atoms with Crippen LogP contribution in [0.15, 0.2) is 45.1 Å². The van der Waals surface area contributed by atoms with Gasteiger partial charge in [0.15, 0.2) is 9.84 Å². The fourth-order valence-corrected chi connectivity index (χ4v) is 5.73. The molecule has 1 N–H and O–H groups in total. The van der Waals surface area contributed by atoms with Crippen molar-refractivity contribution in [3.8, 4) is 0 Å². The molecule has 0 bridgehead atoms. The van der Waals surface area contributed by atoms with Crippen molar-refractivity contribution in [2.75, 3.05) is 12.3 Å². The Bertz CT molecular complexity index is 724. The van der Waals surface area contributed by atoms with Crippen molar-refractivity contribution < 1.29 is 8.42 Å². The van der Waals surface area contributed by atoms with Crippen LogP contribution in [-0.4, -0.2) is 20.7 Å². The quantitative estimate of drug-likeness (QED) is 0.897. The fourth-order valence-electron chi connectivity index (χ4n) is 2.48. The average molecular weight is 372 g/mol. The van der Waals surface area contributed by atoms with Crippen molar-refractivity contribution in [2.24, 2.45) is 0 Å². The molecule has 1 aromatic carbocycles. The first kappa shape index (κ1) is 14.3. The molecule has 0 aliphatic carbocycles. The summed E-state index contributed by atoms with van der Waals surface area (Å²) in [7, 11) is -3.11. The summed E-state index contributed by atoms with van der Waals surface area (Å²) in [5, 5.41) is 3.36. The van der Waals surface area contributed by atoms with Crippen LogP contribution < -0.4 is 5.32 Å². The van der Waals surface area contributed by atoms with E-state index in [-0.39, 0.29) is 11.8 Å². The Hall–Kier alpha value is -0.690. The van der Waals surface area contributed by atoms with Crippen LogP contribution in [0, 0.1) is 0 Å². The molecule has 3 nitrogen and oxygen atoms in total. The number of sulfone groups is 1. The maximum absolute atomic E-state index is 12.1.